The van der Waals surface area contributed by atoms with Gasteiger partial charge in [0.25, 0.3) is 0 Å². The molecule has 2 amide bonds. The first-order valence-electron chi connectivity index (χ1n) is 9.51. The van der Waals surface area contributed by atoms with Crippen LogP contribution in [-0.4, -0.2) is 29.0 Å². The van der Waals surface area contributed by atoms with Crippen LogP contribution in [0.25, 0.3) is 0 Å². The SMILES string of the molecule is C=CCN1C(=O)[C@@H](C(=O)Nc2cccc(C)c2)[C@H]2C[C@]1(C)Oc1ccccc12. The van der Waals surface area contributed by atoms with Crippen LogP contribution < -0.4 is 10.1 Å². The van der Waals surface area contributed by atoms with Crippen LogP contribution >= 0.6 is 0 Å². The molecule has 1 saturated heterocycles. The molecule has 5 nitrogen and oxygen atoms in total. The molecule has 5 heteroatoms. The summed E-state index contributed by atoms with van der Waals surface area (Å²) in [6.45, 7) is 7.97. The van der Waals surface area contributed by atoms with Crippen molar-refractivity contribution in [1.82, 2.24) is 4.90 Å². The third-order valence-corrected chi connectivity index (χ3v) is 5.63. The van der Waals surface area contributed by atoms with Gasteiger partial charge >= 0.3 is 0 Å². The molecule has 0 aliphatic carbocycles. The van der Waals surface area contributed by atoms with Gasteiger partial charge in [-0.2, -0.15) is 0 Å². The number of piperidine rings is 1. The number of benzene rings is 2. The number of likely N-dealkylation sites (tertiary alicyclic amines) is 1. The number of anilines is 1. The van der Waals surface area contributed by atoms with Crippen LogP contribution in [0.3, 0.4) is 0 Å². The van der Waals surface area contributed by atoms with E-state index in [1.807, 2.05) is 62.4 Å². The lowest BCUT2D eigenvalue weighted by molar-refractivity contribution is -0.173. The van der Waals surface area contributed by atoms with E-state index in [0.717, 1.165) is 16.9 Å². The lowest BCUT2D eigenvalue weighted by atomic mass is 9.73. The number of carbonyl (C=O) groups excluding carboxylic acids is 2. The highest BCUT2D eigenvalue weighted by Gasteiger charge is 2.55. The van der Waals surface area contributed by atoms with E-state index in [0.29, 0.717) is 18.7 Å². The highest BCUT2D eigenvalue weighted by atomic mass is 16.5. The quantitative estimate of drug-likeness (QED) is 0.651. The maximum Gasteiger partial charge on any atom is 0.239 e. The predicted octanol–water partition coefficient (Wildman–Crippen LogP) is 3.86. The topological polar surface area (TPSA) is 58.6 Å². The molecule has 0 saturated carbocycles. The molecule has 1 fully saturated rings. The van der Waals surface area contributed by atoms with Crippen molar-refractivity contribution in [2.45, 2.75) is 31.9 Å². The zero-order valence-electron chi connectivity index (χ0n) is 16.1. The Bertz CT molecular complexity index is 954. The van der Waals surface area contributed by atoms with Crippen LogP contribution in [0.2, 0.25) is 0 Å². The zero-order chi connectivity index (χ0) is 19.9. The molecular weight excluding hydrogens is 352 g/mol. The number of aryl methyl sites for hydroxylation is 1. The Labute approximate surface area is 165 Å². The third-order valence-electron chi connectivity index (χ3n) is 5.63. The van der Waals surface area contributed by atoms with Crippen LogP contribution in [0.4, 0.5) is 5.69 Å². The van der Waals surface area contributed by atoms with Gasteiger partial charge in [0.05, 0.1) is 0 Å². The minimum absolute atomic E-state index is 0.224. The summed E-state index contributed by atoms with van der Waals surface area (Å²) in [5.74, 6) is -0.810. The molecule has 0 spiro atoms. The van der Waals surface area contributed by atoms with E-state index in [9.17, 15) is 9.59 Å². The Hall–Kier alpha value is -3.08. The van der Waals surface area contributed by atoms with Crippen molar-refractivity contribution in [3.8, 4) is 5.75 Å². The fraction of sp³-hybridized carbons (Fsp3) is 0.304. The molecule has 2 aromatic carbocycles. The molecule has 28 heavy (non-hydrogen) atoms. The van der Waals surface area contributed by atoms with Crippen molar-refractivity contribution in [3.63, 3.8) is 0 Å². The number of hydrogen-bond acceptors (Lipinski definition) is 3. The second-order valence-electron chi connectivity index (χ2n) is 7.70. The maximum absolute atomic E-state index is 13.4. The van der Waals surface area contributed by atoms with Crippen LogP contribution in [0.1, 0.15) is 30.4 Å². The average Bonchev–Trinajstić information content (AvgIpc) is 2.65. The number of carbonyl (C=O) groups is 2. The summed E-state index contributed by atoms with van der Waals surface area (Å²) in [6, 6.07) is 15.3. The van der Waals surface area contributed by atoms with Gasteiger partial charge in [-0.25, -0.2) is 0 Å². The largest absolute Gasteiger partial charge is 0.468 e. The monoisotopic (exact) mass is 376 g/mol. The number of hydrogen-bond donors (Lipinski definition) is 1. The van der Waals surface area contributed by atoms with Gasteiger partial charge < -0.3 is 15.0 Å². The van der Waals surface area contributed by atoms with Crippen molar-refractivity contribution in [2.75, 3.05) is 11.9 Å². The number of amides is 2. The summed E-state index contributed by atoms with van der Waals surface area (Å²) in [6.07, 6.45) is 2.23. The smallest absolute Gasteiger partial charge is 0.239 e. The van der Waals surface area contributed by atoms with E-state index in [2.05, 4.69) is 11.9 Å². The number of nitrogens with zero attached hydrogens (tertiary/aromatic N) is 1. The fourth-order valence-electron chi connectivity index (χ4n) is 4.36. The molecule has 144 valence electrons. The second kappa shape index (κ2) is 6.82. The van der Waals surface area contributed by atoms with E-state index in [1.165, 1.54) is 0 Å². The molecule has 2 aromatic rings. The highest BCUT2D eigenvalue weighted by Crippen LogP contribution is 2.50. The number of para-hydroxylation sites is 1. The Balaban J connectivity index is 1.74. The van der Waals surface area contributed by atoms with E-state index < -0.39 is 11.6 Å². The van der Waals surface area contributed by atoms with Crippen LogP contribution in [0.5, 0.6) is 5.75 Å². The molecule has 2 bridgehead atoms. The average molecular weight is 376 g/mol. The Morgan fingerprint density at radius 2 is 2.11 bits per heavy atom. The Kier molecular flexibility index (Phi) is 4.46. The molecule has 0 unspecified atom stereocenters. The molecular formula is C23H24N2O3. The lowest BCUT2D eigenvalue weighted by Crippen LogP contribution is -2.64. The van der Waals surface area contributed by atoms with Crippen molar-refractivity contribution < 1.29 is 14.3 Å². The molecule has 1 N–H and O–H groups in total. The molecule has 0 radical (unpaired) electrons. The molecule has 2 aliphatic rings. The summed E-state index contributed by atoms with van der Waals surface area (Å²) in [4.78, 5) is 28.2. The number of ether oxygens (including phenoxy) is 1. The van der Waals surface area contributed by atoms with Crippen molar-refractivity contribution in [1.29, 1.82) is 0 Å². The molecule has 2 aliphatic heterocycles. The molecule has 0 aromatic heterocycles. The van der Waals surface area contributed by atoms with Gasteiger partial charge in [0.15, 0.2) is 5.72 Å². The minimum Gasteiger partial charge on any atom is -0.468 e. The summed E-state index contributed by atoms with van der Waals surface area (Å²) >= 11 is 0. The van der Waals surface area contributed by atoms with Gasteiger partial charge in [0.1, 0.15) is 11.7 Å². The van der Waals surface area contributed by atoms with Crippen molar-refractivity contribution in [2.24, 2.45) is 5.92 Å². The standard InChI is InChI=1S/C23H24N2O3/c1-4-12-25-22(27)20(21(26)24-16-9-7-8-15(2)13-16)18-14-23(25,3)28-19-11-6-5-10-17(18)19/h4-11,13,18,20H,1,12,14H2,2-3H3,(H,24,26)/t18-,20+,23-/m0/s1. The zero-order valence-corrected chi connectivity index (χ0v) is 16.1. The highest BCUT2D eigenvalue weighted by molar-refractivity contribution is 6.08. The number of nitrogens with one attached hydrogen (secondary N) is 1. The fourth-order valence-corrected chi connectivity index (χ4v) is 4.36. The molecule has 4 rings (SSSR count). The second-order valence-corrected chi connectivity index (χ2v) is 7.70. The van der Waals surface area contributed by atoms with Crippen LogP contribution in [-0.2, 0) is 9.59 Å². The summed E-state index contributed by atoms with van der Waals surface area (Å²) in [7, 11) is 0. The van der Waals surface area contributed by atoms with Crippen molar-refractivity contribution in [3.05, 3.63) is 72.3 Å². The minimum atomic E-state index is -0.807. The van der Waals surface area contributed by atoms with Crippen LogP contribution in [0, 0.1) is 12.8 Å². The van der Waals surface area contributed by atoms with Gasteiger partial charge in [-0.1, -0.05) is 36.4 Å². The van der Waals surface area contributed by atoms with Gasteiger partial charge in [-0.05, 0) is 43.2 Å². The number of rotatable bonds is 4. The first-order valence-corrected chi connectivity index (χ1v) is 9.51. The van der Waals surface area contributed by atoms with Gasteiger partial charge in [-0.15, -0.1) is 6.58 Å². The Morgan fingerprint density at radius 1 is 1.32 bits per heavy atom. The first kappa shape index (κ1) is 18.3. The summed E-state index contributed by atoms with van der Waals surface area (Å²) in [5.41, 5.74) is 1.87. The van der Waals surface area contributed by atoms with Gasteiger partial charge in [0, 0.05) is 24.6 Å². The summed E-state index contributed by atoms with van der Waals surface area (Å²) in [5, 5.41) is 2.94. The number of fused-ring (bicyclic) bond motifs is 4. The predicted molar refractivity (Wildman–Crippen MR) is 108 cm³/mol. The Morgan fingerprint density at radius 3 is 2.86 bits per heavy atom. The van der Waals surface area contributed by atoms with Crippen molar-refractivity contribution >= 4 is 17.5 Å². The maximum atomic E-state index is 13.4. The van der Waals surface area contributed by atoms with Gasteiger partial charge in [0.2, 0.25) is 11.8 Å². The molecule has 2 heterocycles. The van der Waals surface area contributed by atoms with E-state index in [-0.39, 0.29) is 17.7 Å². The van der Waals surface area contributed by atoms with E-state index in [1.54, 1.807) is 11.0 Å². The van der Waals surface area contributed by atoms with Gasteiger partial charge in [-0.3, -0.25) is 9.59 Å². The lowest BCUT2D eigenvalue weighted by Gasteiger charge is -2.52. The first-order chi connectivity index (χ1) is 13.4. The third kappa shape index (κ3) is 2.97. The summed E-state index contributed by atoms with van der Waals surface area (Å²) < 4.78 is 6.21. The van der Waals surface area contributed by atoms with Crippen LogP contribution in [0.15, 0.2) is 61.2 Å². The van der Waals surface area contributed by atoms with E-state index in [4.69, 9.17) is 4.74 Å². The normalized spacial score (nSPS) is 25.5. The molecule has 3 atom stereocenters. The van der Waals surface area contributed by atoms with E-state index >= 15 is 0 Å².